The summed E-state index contributed by atoms with van der Waals surface area (Å²) in [7, 11) is 0. The first kappa shape index (κ1) is 17.4. The lowest BCUT2D eigenvalue weighted by Gasteiger charge is -2.26. The standard InChI is InChI=1S/C14H19N3O5/c1-10(14(21)22)17(8-6-15-11(2)18)13(20)9-16-7-4-3-5-12(16)19/h3-5,7,10H,6,8-9H2,1-2H3,(H,15,18)(H,21,22). The monoisotopic (exact) mass is 309 g/mol. The van der Waals surface area contributed by atoms with Crippen LogP contribution in [0.5, 0.6) is 0 Å². The molecule has 0 fully saturated rings. The van der Waals surface area contributed by atoms with Crippen molar-refractivity contribution in [1.82, 2.24) is 14.8 Å². The summed E-state index contributed by atoms with van der Waals surface area (Å²) in [5.74, 6) is -1.93. The predicted molar refractivity (Wildman–Crippen MR) is 78.2 cm³/mol. The van der Waals surface area contributed by atoms with Gasteiger partial charge in [-0.25, -0.2) is 4.79 Å². The molecule has 0 aliphatic carbocycles. The average molecular weight is 309 g/mol. The van der Waals surface area contributed by atoms with E-state index in [1.807, 2.05) is 0 Å². The van der Waals surface area contributed by atoms with E-state index in [2.05, 4.69) is 5.32 Å². The quantitative estimate of drug-likeness (QED) is 0.691. The van der Waals surface area contributed by atoms with Crippen molar-refractivity contribution in [2.45, 2.75) is 26.4 Å². The number of hydrogen-bond acceptors (Lipinski definition) is 4. The zero-order valence-electron chi connectivity index (χ0n) is 12.5. The molecule has 0 spiro atoms. The molecule has 0 aliphatic rings. The number of nitrogens with one attached hydrogen (secondary N) is 1. The molecule has 1 rings (SSSR count). The van der Waals surface area contributed by atoms with Crippen LogP contribution >= 0.6 is 0 Å². The summed E-state index contributed by atoms with van der Waals surface area (Å²) in [5.41, 5.74) is -0.347. The molecule has 1 aromatic rings. The molecular weight excluding hydrogens is 290 g/mol. The van der Waals surface area contributed by atoms with Crippen LogP contribution in [0.1, 0.15) is 13.8 Å². The van der Waals surface area contributed by atoms with E-state index in [9.17, 15) is 19.2 Å². The highest BCUT2D eigenvalue weighted by Gasteiger charge is 2.25. The molecule has 8 heteroatoms. The number of rotatable bonds is 7. The smallest absolute Gasteiger partial charge is 0.326 e. The van der Waals surface area contributed by atoms with Gasteiger partial charge in [-0.3, -0.25) is 14.4 Å². The Morgan fingerprint density at radius 2 is 2.05 bits per heavy atom. The summed E-state index contributed by atoms with van der Waals surface area (Å²) < 4.78 is 1.20. The molecule has 22 heavy (non-hydrogen) atoms. The topological polar surface area (TPSA) is 109 Å². The lowest BCUT2D eigenvalue weighted by atomic mass is 10.2. The number of carbonyl (C=O) groups is 3. The van der Waals surface area contributed by atoms with Crippen LogP contribution in [0.2, 0.25) is 0 Å². The fourth-order valence-corrected chi connectivity index (χ4v) is 1.85. The Labute approximate surface area is 127 Å². The molecule has 2 amide bonds. The first-order valence-corrected chi connectivity index (χ1v) is 6.75. The van der Waals surface area contributed by atoms with Crippen LogP contribution in [0.3, 0.4) is 0 Å². The van der Waals surface area contributed by atoms with E-state index in [0.717, 1.165) is 4.90 Å². The van der Waals surface area contributed by atoms with Crippen LogP contribution in [-0.4, -0.2) is 51.5 Å². The highest BCUT2D eigenvalue weighted by Crippen LogP contribution is 2.01. The van der Waals surface area contributed by atoms with Crippen LogP contribution in [0.15, 0.2) is 29.2 Å². The lowest BCUT2D eigenvalue weighted by Crippen LogP contribution is -2.48. The molecule has 8 nitrogen and oxygen atoms in total. The van der Waals surface area contributed by atoms with Crippen molar-refractivity contribution in [3.05, 3.63) is 34.7 Å². The van der Waals surface area contributed by atoms with Gasteiger partial charge in [0, 0.05) is 32.3 Å². The maximum Gasteiger partial charge on any atom is 0.326 e. The molecule has 0 saturated carbocycles. The Balaban J connectivity index is 2.83. The van der Waals surface area contributed by atoms with E-state index in [1.165, 1.54) is 30.7 Å². The summed E-state index contributed by atoms with van der Waals surface area (Å²) >= 11 is 0. The zero-order valence-corrected chi connectivity index (χ0v) is 12.5. The van der Waals surface area contributed by atoms with Crippen molar-refractivity contribution in [3.63, 3.8) is 0 Å². The van der Waals surface area contributed by atoms with Gasteiger partial charge < -0.3 is 19.9 Å². The van der Waals surface area contributed by atoms with Gasteiger partial charge in [-0.05, 0) is 13.0 Å². The molecule has 0 bridgehead atoms. The minimum atomic E-state index is -1.16. The highest BCUT2D eigenvalue weighted by molar-refractivity contribution is 5.83. The van der Waals surface area contributed by atoms with Crippen LogP contribution in [0.4, 0.5) is 0 Å². The van der Waals surface area contributed by atoms with E-state index in [4.69, 9.17) is 5.11 Å². The van der Waals surface area contributed by atoms with Gasteiger partial charge in [0.25, 0.3) is 5.56 Å². The molecular formula is C14H19N3O5. The Bertz CT molecular complexity index is 610. The minimum Gasteiger partial charge on any atom is -0.480 e. The van der Waals surface area contributed by atoms with Gasteiger partial charge in [0.1, 0.15) is 12.6 Å². The highest BCUT2D eigenvalue weighted by atomic mass is 16.4. The largest absolute Gasteiger partial charge is 0.480 e. The number of pyridine rings is 1. The number of carboxylic acids is 1. The second kappa shape index (κ2) is 7.96. The van der Waals surface area contributed by atoms with Gasteiger partial charge in [-0.15, -0.1) is 0 Å². The molecule has 0 saturated heterocycles. The fourth-order valence-electron chi connectivity index (χ4n) is 1.85. The number of nitrogens with zero attached hydrogens (tertiary/aromatic N) is 2. The van der Waals surface area contributed by atoms with Crippen molar-refractivity contribution < 1.29 is 19.5 Å². The van der Waals surface area contributed by atoms with Gasteiger partial charge in [-0.2, -0.15) is 0 Å². The summed E-state index contributed by atoms with van der Waals surface area (Å²) in [6.07, 6.45) is 1.46. The van der Waals surface area contributed by atoms with E-state index in [1.54, 1.807) is 12.1 Å². The number of carbonyl (C=O) groups excluding carboxylic acids is 2. The molecule has 1 heterocycles. The summed E-state index contributed by atoms with van der Waals surface area (Å²) in [4.78, 5) is 47.0. The zero-order chi connectivity index (χ0) is 16.7. The van der Waals surface area contributed by atoms with E-state index >= 15 is 0 Å². The van der Waals surface area contributed by atoms with Crippen molar-refractivity contribution >= 4 is 17.8 Å². The van der Waals surface area contributed by atoms with Gasteiger partial charge >= 0.3 is 5.97 Å². The summed E-state index contributed by atoms with van der Waals surface area (Å²) in [6, 6.07) is 3.42. The molecule has 120 valence electrons. The summed E-state index contributed by atoms with van der Waals surface area (Å²) in [6.45, 7) is 2.64. The average Bonchev–Trinajstić information content (AvgIpc) is 2.44. The third kappa shape index (κ3) is 5.04. The van der Waals surface area contributed by atoms with Crippen molar-refractivity contribution in [2.75, 3.05) is 13.1 Å². The van der Waals surface area contributed by atoms with Crippen LogP contribution in [-0.2, 0) is 20.9 Å². The van der Waals surface area contributed by atoms with Crippen LogP contribution in [0.25, 0.3) is 0 Å². The molecule has 0 aromatic carbocycles. The van der Waals surface area contributed by atoms with Gasteiger partial charge in [-0.1, -0.05) is 6.07 Å². The first-order valence-electron chi connectivity index (χ1n) is 6.75. The SMILES string of the molecule is CC(=O)NCCN(C(=O)Cn1ccccc1=O)C(C)C(=O)O. The predicted octanol–water partition coefficient (Wildman–Crippen LogP) is -0.714. The third-order valence-electron chi connectivity index (χ3n) is 3.08. The molecule has 0 aliphatic heterocycles. The minimum absolute atomic E-state index is 0.0491. The van der Waals surface area contributed by atoms with E-state index in [0.29, 0.717) is 0 Å². The Hall–Kier alpha value is -2.64. The number of carboxylic acid groups (broad SMARTS) is 1. The van der Waals surface area contributed by atoms with Crippen molar-refractivity contribution in [3.8, 4) is 0 Å². The normalized spacial score (nSPS) is 11.5. The Kier molecular flexibility index (Phi) is 6.30. The second-order valence-electron chi connectivity index (χ2n) is 4.75. The maximum atomic E-state index is 12.3. The Morgan fingerprint density at radius 1 is 1.36 bits per heavy atom. The lowest BCUT2D eigenvalue weighted by molar-refractivity contribution is -0.149. The van der Waals surface area contributed by atoms with Gasteiger partial charge in [0.15, 0.2) is 0 Å². The maximum absolute atomic E-state index is 12.3. The number of aromatic nitrogens is 1. The van der Waals surface area contributed by atoms with Gasteiger partial charge in [0.05, 0.1) is 0 Å². The van der Waals surface area contributed by atoms with Crippen molar-refractivity contribution in [2.24, 2.45) is 0 Å². The first-order chi connectivity index (χ1) is 10.3. The third-order valence-corrected chi connectivity index (χ3v) is 3.08. The summed E-state index contributed by atoms with van der Waals surface area (Å²) in [5, 5.41) is 11.6. The van der Waals surface area contributed by atoms with Gasteiger partial charge in [0.2, 0.25) is 11.8 Å². The molecule has 0 radical (unpaired) electrons. The number of aliphatic carboxylic acids is 1. The molecule has 1 atom stereocenters. The van der Waals surface area contributed by atoms with Crippen LogP contribution in [0, 0.1) is 0 Å². The van der Waals surface area contributed by atoms with E-state index < -0.39 is 17.9 Å². The van der Waals surface area contributed by atoms with Crippen LogP contribution < -0.4 is 10.9 Å². The molecule has 1 aromatic heterocycles. The fraction of sp³-hybridized carbons (Fsp3) is 0.429. The molecule has 2 N–H and O–H groups in total. The number of hydrogen-bond donors (Lipinski definition) is 2. The Morgan fingerprint density at radius 3 is 2.59 bits per heavy atom. The second-order valence-corrected chi connectivity index (χ2v) is 4.75. The van der Waals surface area contributed by atoms with E-state index in [-0.39, 0.29) is 31.1 Å². The van der Waals surface area contributed by atoms with Crippen molar-refractivity contribution in [1.29, 1.82) is 0 Å². The number of amides is 2. The molecule has 1 unspecified atom stereocenters.